The number of likely N-dealkylation sites (tertiary alicyclic amines) is 1. The van der Waals surface area contributed by atoms with E-state index >= 15 is 0 Å². The van der Waals surface area contributed by atoms with Gasteiger partial charge < -0.3 is 15.0 Å². The van der Waals surface area contributed by atoms with Gasteiger partial charge in [-0.2, -0.15) is 11.8 Å². The third kappa shape index (κ3) is 4.14. The SMILES string of the molecule is COCC(=O)N1CCC(NCC2CCSC2)CC1. The molecule has 1 amide bonds. The first-order valence-electron chi connectivity index (χ1n) is 6.87. The molecule has 5 heteroatoms. The van der Waals surface area contributed by atoms with Crippen molar-refractivity contribution in [3.05, 3.63) is 0 Å². The maximum atomic E-state index is 11.6. The van der Waals surface area contributed by atoms with Crippen LogP contribution < -0.4 is 5.32 Å². The molecule has 18 heavy (non-hydrogen) atoms. The largest absolute Gasteiger partial charge is 0.375 e. The molecule has 2 heterocycles. The summed E-state index contributed by atoms with van der Waals surface area (Å²) >= 11 is 2.07. The van der Waals surface area contributed by atoms with Gasteiger partial charge in [-0.1, -0.05) is 0 Å². The highest BCUT2D eigenvalue weighted by Gasteiger charge is 2.23. The lowest BCUT2D eigenvalue weighted by Gasteiger charge is -2.32. The highest BCUT2D eigenvalue weighted by atomic mass is 32.2. The lowest BCUT2D eigenvalue weighted by Crippen LogP contribution is -2.46. The van der Waals surface area contributed by atoms with Crippen LogP contribution in [-0.4, -0.2) is 61.7 Å². The number of hydrogen-bond donors (Lipinski definition) is 1. The van der Waals surface area contributed by atoms with Gasteiger partial charge in [0.1, 0.15) is 6.61 Å². The van der Waals surface area contributed by atoms with Gasteiger partial charge in [-0.05, 0) is 43.2 Å². The van der Waals surface area contributed by atoms with E-state index in [-0.39, 0.29) is 12.5 Å². The number of carbonyl (C=O) groups is 1. The highest BCUT2D eigenvalue weighted by Crippen LogP contribution is 2.23. The molecular formula is C13H24N2O2S. The maximum Gasteiger partial charge on any atom is 0.248 e. The second-order valence-electron chi connectivity index (χ2n) is 5.23. The van der Waals surface area contributed by atoms with Gasteiger partial charge in [0.2, 0.25) is 5.91 Å². The lowest BCUT2D eigenvalue weighted by molar-refractivity contribution is -0.136. The summed E-state index contributed by atoms with van der Waals surface area (Å²) in [4.78, 5) is 13.6. The molecule has 1 N–H and O–H groups in total. The molecule has 2 saturated heterocycles. The number of nitrogens with one attached hydrogen (secondary N) is 1. The average molecular weight is 272 g/mol. The summed E-state index contributed by atoms with van der Waals surface area (Å²) < 4.78 is 4.89. The van der Waals surface area contributed by atoms with E-state index in [4.69, 9.17) is 4.74 Å². The Morgan fingerprint density at radius 2 is 2.17 bits per heavy atom. The molecule has 0 aromatic heterocycles. The number of carbonyl (C=O) groups excluding carboxylic acids is 1. The van der Waals surface area contributed by atoms with Crippen LogP contribution >= 0.6 is 11.8 Å². The minimum Gasteiger partial charge on any atom is -0.375 e. The van der Waals surface area contributed by atoms with Gasteiger partial charge in [-0.15, -0.1) is 0 Å². The summed E-state index contributed by atoms with van der Waals surface area (Å²) in [5, 5.41) is 3.67. The second kappa shape index (κ2) is 7.36. The molecule has 2 aliphatic rings. The zero-order valence-corrected chi connectivity index (χ0v) is 12.0. The third-order valence-corrected chi connectivity index (χ3v) is 5.07. The molecule has 2 aliphatic heterocycles. The van der Waals surface area contributed by atoms with Crippen molar-refractivity contribution in [3.63, 3.8) is 0 Å². The molecule has 0 aromatic rings. The quantitative estimate of drug-likeness (QED) is 0.809. The van der Waals surface area contributed by atoms with Crippen molar-refractivity contribution < 1.29 is 9.53 Å². The zero-order valence-electron chi connectivity index (χ0n) is 11.2. The van der Waals surface area contributed by atoms with Gasteiger partial charge in [0.25, 0.3) is 0 Å². The normalized spacial score (nSPS) is 25.6. The Morgan fingerprint density at radius 1 is 1.39 bits per heavy atom. The first kappa shape index (κ1) is 14.2. The van der Waals surface area contributed by atoms with Crippen LogP contribution in [0.3, 0.4) is 0 Å². The standard InChI is InChI=1S/C13H24N2O2S/c1-17-9-13(16)15-5-2-12(3-6-15)14-8-11-4-7-18-10-11/h11-12,14H,2-10H2,1H3. The minimum absolute atomic E-state index is 0.128. The number of rotatable bonds is 5. The lowest BCUT2D eigenvalue weighted by atomic mass is 10.0. The first-order valence-corrected chi connectivity index (χ1v) is 8.03. The summed E-state index contributed by atoms with van der Waals surface area (Å²) in [6.07, 6.45) is 3.52. The Balaban J connectivity index is 1.62. The molecule has 1 atom stereocenters. The van der Waals surface area contributed by atoms with E-state index in [2.05, 4.69) is 17.1 Å². The van der Waals surface area contributed by atoms with Crippen molar-refractivity contribution in [3.8, 4) is 0 Å². The number of ether oxygens (including phenoxy) is 1. The number of amides is 1. The van der Waals surface area contributed by atoms with Crippen LogP contribution in [0.1, 0.15) is 19.3 Å². The van der Waals surface area contributed by atoms with Gasteiger partial charge in [0.15, 0.2) is 0 Å². The van der Waals surface area contributed by atoms with Crippen molar-refractivity contribution in [2.24, 2.45) is 5.92 Å². The predicted molar refractivity (Wildman–Crippen MR) is 74.9 cm³/mol. The fourth-order valence-corrected chi connectivity index (χ4v) is 3.91. The van der Waals surface area contributed by atoms with Crippen LogP contribution in [0.4, 0.5) is 0 Å². The number of piperidine rings is 1. The molecule has 0 spiro atoms. The van der Waals surface area contributed by atoms with E-state index in [1.54, 1.807) is 7.11 Å². The minimum atomic E-state index is 0.128. The summed E-state index contributed by atoms with van der Waals surface area (Å²) in [6, 6.07) is 0.599. The van der Waals surface area contributed by atoms with Crippen molar-refractivity contribution in [2.75, 3.05) is 44.9 Å². The Labute approximate surface area is 114 Å². The van der Waals surface area contributed by atoms with Gasteiger partial charge >= 0.3 is 0 Å². The van der Waals surface area contributed by atoms with Crippen molar-refractivity contribution in [1.29, 1.82) is 0 Å². The summed E-state index contributed by atoms with van der Waals surface area (Å²) in [5.74, 6) is 3.64. The molecule has 0 saturated carbocycles. The van der Waals surface area contributed by atoms with Crippen LogP contribution in [-0.2, 0) is 9.53 Å². The summed E-state index contributed by atoms with van der Waals surface area (Å²) in [7, 11) is 1.58. The molecule has 0 bridgehead atoms. The molecule has 2 rings (SSSR count). The number of hydrogen-bond acceptors (Lipinski definition) is 4. The maximum absolute atomic E-state index is 11.6. The Kier molecular flexibility index (Phi) is 5.79. The van der Waals surface area contributed by atoms with Crippen LogP contribution in [0.2, 0.25) is 0 Å². The molecule has 4 nitrogen and oxygen atoms in total. The van der Waals surface area contributed by atoms with Crippen LogP contribution in [0, 0.1) is 5.92 Å². The van der Waals surface area contributed by atoms with E-state index in [0.717, 1.165) is 38.4 Å². The molecular weight excluding hydrogens is 248 g/mol. The third-order valence-electron chi connectivity index (χ3n) is 3.83. The van der Waals surface area contributed by atoms with Crippen LogP contribution in [0.5, 0.6) is 0 Å². The van der Waals surface area contributed by atoms with E-state index in [1.165, 1.54) is 17.9 Å². The van der Waals surface area contributed by atoms with Gasteiger partial charge in [0, 0.05) is 26.2 Å². The monoisotopic (exact) mass is 272 g/mol. The smallest absolute Gasteiger partial charge is 0.248 e. The van der Waals surface area contributed by atoms with E-state index < -0.39 is 0 Å². The summed E-state index contributed by atoms with van der Waals surface area (Å²) in [6.45, 7) is 3.12. The van der Waals surface area contributed by atoms with Gasteiger partial charge in [-0.3, -0.25) is 4.79 Å². The molecule has 0 aliphatic carbocycles. The van der Waals surface area contributed by atoms with Crippen molar-refractivity contribution in [1.82, 2.24) is 10.2 Å². The fraction of sp³-hybridized carbons (Fsp3) is 0.923. The molecule has 0 radical (unpaired) electrons. The predicted octanol–water partition coefficient (Wildman–Crippen LogP) is 0.967. The topological polar surface area (TPSA) is 41.6 Å². The van der Waals surface area contributed by atoms with Crippen molar-refractivity contribution >= 4 is 17.7 Å². The molecule has 0 aromatic carbocycles. The highest BCUT2D eigenvalue weighted by molar-refractivity contribution is 7.99. The van der Waals surface area contributed by atoms with E-state index in [0.29, 0.717) is 6.04 Å². The average Bonchev–Trinajstić information content (AvgIpc) is 2.90. The number of thioether (sulfide) groups is 1. The molecule has 104 valence electrons. The van der Waals surface area contributed by atoms with Crippen LogP contribution in [0.15, 0.2) is 0 Å². The number of methoxy groups -OCH3 is 1. The van der Waals surface area contributed by atoms with E-state index in [1.807, 2.05) is 4.90 Å². The zero-order chi connectivity index (χ0) is 12.8. The van der Waals surface area contributed by atoms with E-state index in [9.17, 15) is 4.79 Å². The Morgan fingerprint density at radius 3 is 2.78 bits per heavy atom. The van der Waals surface area contributed by atoms with Gasteiger partial charge in [-0.25, -0.2) is 0 Å². The first-order chi connectivity index (χ1) is 8.79. The van der Waals surface area contributed by atoms with Crippen LogP contribution in [0.25, 0.3) is 0 Å². The fourth-order valence-electron chi connectivity index (χ4n) is 2.63. The molecule has 2 fully saturated rings. The Bertz CT molecular complexity index is 262. The molecule has 1 unspecified atom stereocenters. The van der Waals surface area contributed by atoms with Gasteiger partial charge in [0.05, 0.1) is 0 Å². The number of nitrogens with zero attached hydrogens (tertiary/aromatic N) is 1. The second-order valence-corrected chi connectivity index (χ2v) is 6.38. The van der Waals surface area contributed by atoms with Crippen molar-refractivity contribution in [2.45, 2.75) is 25.3 Å². The Hall–Kier alpha value is -0.260. The summed E-state index contributed by atoms with van der Waals surface area (Å²) in [5.41, 5.74) is 0.